The fourth-order valence-electron chi connectivity index (χ4n) is 2.39. The molecule has 0 atom stereocenters. The van der Waals surface area contributed by atoms with Gasteiger partial charge in [-0.25, -0.2) is 0 Å². The summed E-state index contributed by atoms with van der Waals surface area (Å²) in [5.41, 5.74) is 1.00. The Hall–Kier alpha value is -1.03. The van der Waals surface area contributed by atoms with Crippen LogP contribution in [-0.4, -0.2) is 19.6 Å². The third-order valence-electron chi connectivity index (χ3n) is 3.78. The van der Waals surface area contributed by atoms with Gasteiger partial charge >= 0.3 is 0 Å². The summed E-state index contributed by atoms with van der Waals surface area (Å²) in [6, 6.07) is 5.44. The van der Waals surface area contributed by atoms with Crippen molar-refractivity contribution in [1.82, 2.24) is 5.32 Å². The number of hydrogen-bond donors (Lipinski definition) is 1. The number of benzene rings is 1. The minimum atomic E-state index is -0.0341. The van der Waals surface area contributed by atoms with Crippen LogP contribution in [0.1, 0.15) is 43.0 Å². The molecule has 1 aliphatic carbocycles. The second-order valence-corrected chi connectivity index (χ2v) is 6.13. The zero-order valence-electron chi connectivity index (χ0n) is 11.5. The van der Waals surface area contributed by atoms with Crippen molar-refractivity contribution in [2.75, 3.05) is 13.7 Å². The van der Waals surface area contributed by atoms with E-state index in [9.17, 15) is 4.79 Å². The average Bonchev–Trinajstić information content (AvgIpc) is 3.17. The van der Waals surface area contributed by atoms with Gasteiger partial charge in [0.25, 0.3) is 5.91 Å². The SMILES string of the molecule is CCCC1(CNC(=O)c2cc(OC)ccc2Br)CC1. The molecule has 2 rings (SSSR count). The second-order valence-electron chi connectivity index (χ2n) is 5.28. The minimum absolute atomic E-state index is 0.0341. The summed E-state index contributed by atoms with van der Waals surface area (Å²) in [5.74, 6) is 0.663. The van der Waals surface area contributed by atoms with Crippen molar-refractivity contribution in [2.24, 2.45) is 5.41 Å². The first-order valence-electron chi connectivity index (χ1n) is 6.72. The number of methoxy groups -OCH3 is 1. The Balaban J connectivity index is 2.00. The van der Waals surface area contributed by atoms with Crippen molar-refractivity contribution in [3.8, 4) is 5.75 Å². The van der Waals surface area contributed by atoms with E-state index in [4.69, 9.17) is 4.74 Å². The van der Waals surface area contributed by atoms with Crippen LogP contribution in [0.2, 0.25) is 0 Å². The lowest BCUT2D eigenvalue weighted by Crippen LogP contribution is -2.30. The molecule has 0 bridgehead atoms. The van der Waals surface area contributed by atoms with Gasteiger partial charge in [0.05, 0.1) is 12.7 Å². The first-order valence-corrected chi connectivity index (χ1v) is 7.51. The van der Waals surface area contributed by atoms with Crippen molar-refractivity contribution >= 4 is 21.8 Å². The lowest BCUT2D eigenvalue weighted by atomic mass is 10.0. The lowest BCUT2D eigenvalue weighted by Gasteiger charge is -2.15. The Morgan fingerprint density at radius 3 is 2.79 bits per heavy atom. The minimum Gasteiger partial charge on any atom is -0.497 e. The van der Waals surface area contributed by atoms with E-state index < -0.39 is 0 Å². The molecule has 0 spiro atoms. The second kappa shape index (κ2) is 5.95. The maximum absolute atomic E-state index is 12.2. The molecule has 1 fully saturated rings. The fraction of sp³-hybridized carbons (Fsp3) is 0.533. The molecule has 1 amide bonds. The van der Waals surface area contributed by atoms with Crippen molar-refractivity contribution in [3.05, 3.63) is 28.2 Å². The lowest BCUT2D eigenvalue weighted by molar-refractivity contribution is 0.0942. The van der Waals surface area contributed by atoms with E-state index in [-0.39, 0.29) is 5.91 Å². The molecule has 0 radical (unpaired) electrons. The van der Waals surface area contributed by atoms with Crippen LogP contribution in [0.3, 0.4) is 0 Å². The maximum Gasteiger partial charge on any atom is 0.252 e. The molecule has 1 saturated carbocycles. The van der Waals surface area contributed by atoms with Crippen molar-refractivity contribution in [3.63, 3.8) is 0 Å². The maximum atomic E-state index is 12.2. The summed E-state index contributed by atoms with van der Waals surface area (Å²) in [6.45, 7) is 2.98. The molecule has 1 aromatic rings. The predicted molar refractivity (Wildman–Crippen MR) is 79.6 cm³/mol. The number of carbonyl (C=O) groups is 1. The normalized spacial score (nSPS) is 15.9. The average molecular weight is 326 g/mol. The fourth-order valence-corrected chi connectivity index (χ4v) is 2.82. The van der Waals surface area contributed by atoms with Crippen LogP contribution >= 0.6 is 15.9 Å². The van der Waals surface area contributed by atoms with Gasteiger partial charge in [0.2, 0.25) is 0 Å². The van der Waals surface area contributed by atoms with Crippen LogP contribution in [0.4, 0.5) is 0 Å². The van der Waals surface area contributed by atoms with Crippen molar-refractivity contribution < 1.29 is 9.53 Å². The van der Waals surface area contributed by atoms with E-state index in [0.717, 1.165) is 11.0 Å². The van der Waals surface area contributed by atoms with E-state index in [2.05, 4.69) is 28.2 Å². The van der Waals surface area contributed by atoms with Gasteiger partial charge in [0.15, 0.2) is 0 Å². The van der Waals surface area contributed by atoms with Crippen LogP contribution < -0.4 is 10.1 Å². The van der Waals surface area contributed by atoms with Crippen LogP contribution in [0, 0.1) is 5.41 Å². The molecule has 19 heavy (non-hydrogen) atoms. The number of hydrogen-bond acceptors (Lipinski definition) is 2. The van der Waals surface area contributed by atoms with Crippen molar-refractivity contribution in [1.29, 1.82) is 0 Å². The van der Waals surface area contributed by atoms with Crippen LogP contribution in [-0.2, 0) is 0 Å². The molecule has 0 heterocycles. The van der Waals surface area contributed by atoms with E-state index in [1.807, 2.05) is 12.1 Å². The third kappa shape index (κ3) is 3.50. The number of halogens is 1. The number of amides is 1. The zero-order chi connectivity index (χ0) is 13.9. The zero-order valence-corrected chi connectivity index (χ0v) is 13.0. The summed E-state index contributed by atoms with van der Waals surface area (Å²) in [7, 11) is 1.60. The highest BCUT2D eigenvalue weighted by atomic mass is 79.9. The number of nitrogens with one attached hydrogen (secondary N) is 1. The molecule has 1 N–H and O–H groups in total. The molecule has 104 valence electrons. The molecule has 3 nitrogen and oxygen atoms in total. The first-order chi connectivity index (χ1) is 9.10. The monoisotopic (exact) mass is 325 g/mol. The Bertz CT molecular complexity index is 469. The Morgan fingerprint density at radius 2 is 2.21 bits per heavy atom. The summed E-state index contributed by atoms with van der Waals surface area (Å²) in [5, 5.41) is 3.05. The van der Waals surface area contributed by atoms with Gasteiger partial charge in [0.1, 0.15) is 5.75 Å². The van der Waals surface area contributed by atoms with Crippen LogP contribution in [0.25, 0.3) is 0 Å². The Labute approximate surface area is 122 Å². The van der Waals surface area contributed by atoms with Gasteiger partial charge in [-0.1, -0.05) is 13.3 Å². The van der Waals surface area contributed by atoms with E-state index in [0.29, 0.717) is 16.7 Å². The molecule has 0 unspecified atom stereocenters. The molecule has 0 aliphatic heterocycles. The molecule has 0 saturated heterocycles. The molecular formula is C15H20BrNO2. The molecule has 0 aromatic heterocycles. The van der Waals surface area contributed by atoms with Gasteiger partial charge in [-0.3, -0.25) is 4.79 Å². The summed E-state index contributed by atoms with van der Waals surface area (Å²) in [4.78, 5) is 12.2. The highest BCUT2D eigenvalue weighted by Gasteiger charge is 2.41. The molecule has 4 heteroatoms. The van der Waals surface area contributed by atoms with Crippen molar-refractivity contribution in [2.45, 2.75) is 32.6 Å². The third-order valence-corrected chi connectivity index (χ3v) is 4.47. The summed E-state index contributed by atoms with van der Waals surface area (Å²) in [6.07, 6.45) is 4.85. The van der Waals surface area contributed by atoms with E-state index >= 15 is 0 Å². The van der Waals surface area contributed by atoms with E-state index in [1.54, 1.807) is 13.2 Å². The predicted octanol–water partition coefficient (Wildman–Crippen LogP) is 3.77. The topological polar surface area (TPSA) is 38.3 Å². The van der Waals surface area contributed by atoms with Gasteiger partial charge < -0.3 is 10.1 Å². The van der Waals surface area contributed by atoms with Gasteiger partial charge in [-0.05, 0) is 58.8 Å². The van der Waals surface area contributed by atoms with Crippen LogP contribution in [0.5, 0.6) is 5.75 Å². The highest BCUT2D eigenvalue weighted by Crippen LogP contribution is 2.48. The smallest absolute Gasteiger partial charge is 0.252 e. The van der Waals surface area contributed by atoms with Crippen LogP contribution in [0.15, 0.2) is 22.7 Å². The number of rotatable bonds is 6. The largest absolute Gasteiger partial charge is 0.497 e. The molecule has 1 aliphatic rings. The molecule has 1 aromatic carbocycles. The highest BCUT2D eigenvalue weighted by molar-refractivity contribution is 9.10. The quantitative estimate of drug-likeness (QED) is 0.864. The number of ether oxygens (including phenoxy) is 1. The summed E-state index contributed by atoms with van der Waals surface area (Å²) >= 11 is 3.41. The van der Waals surface area contributed by atoms with Gasteiger partial charge in [-0.2, -0.15) is 0 Å². The Morgan fingerprint density at radius 1 is 1.47 bits per heavy atom. The van der Waals surface area contributed by atoms with Gasteiger partial charge in [-0.15, -0.1) is 0 Å². The number of carbonyl (C=O) groups excluding carboxylic acids is 1. The first kappa shape index (κ1) is 14.4. The molecular weight excluding hydrogens is 306 g/mol. The Kier molecular flexibility index (Phi) is 4.50. The van der Waals surface area contributed by atoms with E-state index in [1.165, 1.54) is 25.7 Å². The summed E-state index contributed by atoms with van der Waals surface area (Å²) < 4.78 is 5.95. The van der Waals surface area contributed by atoms with Gasteiger partial charge in [0, 0.05) is 11.0 Å². The standard InChI is InChI=1S/C15H20BrNO2/c1-3-6-15(7-8-15)10-17-14(18)12-9-11(19-2)4-5-13(12)16/h4-5,9H,3,6-8,10H2,1-2H3,(H,17,18).